The molecule has 0 radical (unpaired) electrons. The monoisotopic (exact) mass is 407 g/mol. The zero-order chi connectivity index (χ0) is 22.0. The molecule has 2 unspecified atom stereocenters. The van der Waals surface area contributed by atoms with Crippen molar-refractivity contribution in [3.05, 3.63) is 65.7 Å². The van der Waals surface area contributed by atoms with Gasteiger partial charge in [0.2, 0.25) is 0 Å². The Balaban J connectivity index is 0.000000359. The zero-order valence-electron chi connectivity index (χ0n) is 15.8. The molecule has 0 aliphatic carbocycles. The van der Waals surface area contributed by atoms with Crippen LogP contribution in [0.2, 0.25) is 0 Å². The molecule has 158 valence electrons. The van der Waals surface area contributed by atoms with Gasteiger partial charge in [-0.2, -0.15) is 0 Å². The molecule has 9 nitrogen and oxygen atoms in total. The summed E-state index contributed by atoms with van der Waals surface area (Å²) in [6.45, 7) is 2.29. The molecule has 0 spiro atoms. The quantitative estimate of drug-likeness (QED) is 0.365. The van der Waals surface area contributed by atoms with E-state index in [2.05, 4.69) is 0 Å². The highest BCUT2D eigenvalue weighted by molar-refractivity contribution is 5.83. The molecule has 0 amide bonds. The SMILES string of the molecule is CC(N)C(O)c1cccc(OCc2ccccc2)c1.O=C(O)[C@@H](O)[C@H](O)C(=O)O. The van der Waals surface area contributed by atoms with Gasteiger partial charge < -0.3 is 36.0 Å². The van der Waals surface area contributed by atoms with Gasteiger partial charge in [-0.25, -0.2) is 9.59 Å². The van der Waals surface area contributed by atoms with Gasteiger partial charge in [0, 0.05) is 6.04 Å². The van der Waals surface area contributed by atoms with Gasteiger partial charge in [0.05, 0.1) is 6.10 Å². The number of carbonyl (C=O) groups is 2. The van der Waals surface area contributed by atoms with Crippen LogP contribution >= 0.6 is 0 Å². The number of rotatable bonds is 8. The lowest BCUT2D eigenvalue weighted by Gasteiger charge is -2.16. The number of aliphatic hydroxyl groups is 3. The second kappa shape index (κ2) is 11.8. The van der Waals surface area contributed by atoms with Crippen LogP contribution in [0.15, 0.2) is 54.6 Å². The Bertz CT molecular complexity index is 763. The molecule has 0 heterocycles. The third kappa shape index (κ3) is 8.28. The number of aliphatic carboxylic acids is 2. The van der Waals surface area contributed by atoms with Crippen molar-refractivity contribution in [2.75, 3.05) is 0 Å². The second-order valence-electron chi connectivity index (χ2n) is 6.22. The van der Waals surface area contributed by atoms with Crippen molar-refractivity contribution in [1.82, 2.24) is 0 Å². The van der Waals surface area contributed by atoms with Crippen LogP contribution in [0.3, 0.4) is 0 Å². The molecular formula is C20H25NO8. The minimum atomic E-state index is -2.27. The summed E-state index contributed by atoms with van der Waals surface area (Å²) in [7, 11) is 0. The molecular weight excluding hydrogens is 382 g/mol. The van der Waals surface area contributed by atoms with E-state index in [9.17, 15) is 14.7 Å². The van der Waals surface area contributed by atoms with Gasteiger partial charge in [0.1, 0.15) is 12.4 Å². The van der Waals surface area contributed by atoms with Crippen LogP contribution in [0.4, 0.5) is 0 Å². The van der Waals surface area contributed by atoms with E-state index in [4.69, 9.17) is 30.9 Å². The largest absolute Gasteiger partial charge is 0.489 e. The average molecular weight is 407 g/mol. The first-order chi connectivity index (χ1) is 13.6. The van der Waals surface area contributed by atoms with Crippen molar-refractivity contribution in [2.24, 2.45) is 5.73 Å². The van der Waals surface area contributed by atoms with E-state index in [1.165, 1.54) is 0 Å². The second-order valence-corrected chi connectivity index (χ2v) is 6.22. The van der Waals surface area contributed by atoms with E-state index in [0.29, 0.717) is 6.61 Å². The molecule has 0 saturated heterocycles. The Morgan fingerprint density at radius 1 is 0.931 bits per heavy atom. The molecule has 2 aromatic rings. The van der Waals surface area contributed by atoms with Gasteiger partial charge >= 0.3 is 11.9 Å². The molecule has 7 N–H and O–H groups in total. The van der Waals surface area contributed by atoms with Crippen LogP contribution in [-0.2, 0) is 16.2 Å². The van der Waals surface area contributed by atoms with E-state index < -0.39 is 30.3 Å². The van der Waals surface area contributed by atoms with E-state index in [-0.39, 0.29) is 6.04 Å². The predicted molar refractivity (Wildman–Crippen MR) is 103 cm³/mol. The number of carboxylic acids is 2. The third-order valence-corrected chi connectivity index (χ3v) is 3.75. The van der Waals surface area contributed by atoms with E-state index in [1.807, 2.05) is 54.6 Å². The van der Waals surface area contributed by atoms with Crippen molar-refractivity contribution >= 4 is 11.9 Å². The van der Waals surface area contributed by atoms with Gasteiger partial charge in [0.15, 0.2) is 12.2 Å². The lowest BCUT2D eigenvalue weighted by atomic mass is 10.0. The van der Waals surface area contributed by atoms with Crippen molar-refractivity contribution in [2.45, 2.75) is 37.9 Å². The Kier molecular flexibility index (Phi) is 9.76. The smallest absolute Gasteiger partial charge is 0.335 e. The molecule has 4 atom stereocenters. The molecule has 0 fully saturated rings. The van der Waals surface area contributed by atoms with Crippen molar-refractivity contribution in [3.8, 4) is 5.75 Å². The summed E-state index contributed by atoms with van der Waals surface area (Å²) in [4.78, 5) is 19.5. The fraction of sp³-hybridized carbons (Fsp3) is 0.300. The van der Waals surface area contributed by atoms with Gasteiger partial charge in [-0.05, 0) is 30.2 Å². The molecule has 0 aromatic heterocycles. The summed E-state index contributed by atoms with van der Waals surface area (Å²) < 4.78 is 5.71. The Morgan fingerprint density at radius 2 is 1.48 bits per heavy atom. The fourth-order valence-electron chi connectivity index (χ4n) is 2.10. The highest BCUT2D eigenvalue weighted by Crippen LogP contribution is 2.21. The minimum Gasteiger partial charge on any atom is -0.489 e. The molecule has 0 aliphatic heterocycles. The van der Waals surface area contributed by atoms with Crippen LogP contribution < -0.4 is 10.5 Å². The number of aliphatic hydroxyl groups excluding tert-OH is 3. The zero-order valence-corrected chi connectivity index (χ0v) is 15.8. The minimum absolute atomic E-state index is 0.302. The van der Waals surface area contributed by atoms with E-state index in [0.717, 1.165) is 16.9 Å². The number of benzene rings is 2. The molecule has 29 heavy (non-hydrogen) atoms. The third-order valence-electron chi connectivity index (χ3n) is 3.75. The molecule has 2 rings (SSSR count). The molecule has 2 aromatic carbocycles. The molecule has 0 bridgehead atoms. The summed E-state index contributed by atoms with van der Waals surface area (Å²) in [6.07, 6.45) is -5.20. The highest BCUT2D eigenvalue weighted by atomic mass is 16.5. The molecule has 0 saturated carbocycles. The number of hydrogen-bond donors (Lipinski definition) is 6. The summed E-state index contributed by atoms with van der Waals surface area (Å²) in [5, 5.41) is 42.5. The Labute approximate surface area is 167 Å². The summed E-state index contributed by atoms with van der Waals surface area (Å²) in [5.41, 5.74) is 7.58. The molecule has 9 heteroatoms. The first-order valence-corrected chi connectivity index (χ1v) is 8.65. The molecule has 0 aliphatic rings. The maximum Gasteiger partial charge on any atom is 0.335 e. The normalized spacial score (nSPS) is 14.5. The van der Waals surface area contributed by atoms with Gasteiger partial charge in [0.25, 0.3) is 0 Å². The predicted octanol–water partition coefficient (Wildman–Crippen LogP) is 0.524. The van der Waals surface area contributed by atoms with E-state index >= 15 is 0 Å². The van der Waals surface area contributed by atoms with Gasteiger partial charge in [-0.15, -0.1) is 0 Å². The number of hydrogen-bond acceptors (Lipinski definition) is 7. The number of nitrogens with two attached hydrogens (primary N) is 1. The average Bonchev–Trinajstić information content (AvgIpc) is 2.71. The number of ether oxygens (including phenoxy) is 1. The maximum absolute atomic E-state index is 9.93. The summed E-state index contributed by atoms with van der Waals surface area (Å²) >= 11 is 0. The topological polar surface area (TPSA) is 171 Å². The summed E-state index contributed by atoms with van der Waals surface area (Å²) in [6, 6.07) is 17.1. The maximum atomic E-state index is 9.93. The standard InChI is InChI=1S/C16H19NO2.C4H6O6/c1-12(17)16(18)14-8-5-9-15(10-14)19-11-13-6-3-2-4-7-13;5-1(3(7)8)2(6)4(9)10/h2-10,12,16,18H,11,17H2,1H3;1-2,5-6H,(H,7,8)(H,9,10)/t;1-,2-/m.0/s1. The first kappa shape index (κ1) is 24.1. The van der Waals surface area contributed by atoms with Crippen molar-refractivity contribution < 1.29 is 39.9 Å². The van der Waals surface area contributed by atoms with E-state index in [1.54, 1.807) is 6.92 Å². The van der Waals surface area contributed by atoms with Crippen LogP contribution in [-0.4, -0.2) is 55.7 Å². The van der Waals surface area contributed by atoms with Crippen molar-refractivity contribution in [1.29, 1.82) is 0 Å². The summed E-state index contributed by atoms with van der Waals surface area (Å²) in [5.74, 6) is -2.80. The van der Waals surface area contributed by atoms with Crippen LogP contribution in [0.25, 0.3) is 0 Å². The van der Waals surface area contributed by atoms with Gasteiger partial charge in [-0.1, -0.05) is 42.5 Å². The lowest BCUT2D eigenvalue weighted by Crippen LogP contribution is -2.39. The highest BCUT2D eigenvalue weighted by Gasteiger charge is 2.29. The lowest BCUT2D eigenvalue weighted by molar-refractivity contribution is -0.165. The van der Waals surface area contributed by atoms with Crippen LogP contribution in [0, 0.1) is 0 Å². The number of carboxylic acid groups (broad SMARTS) is 2. The van der Waals surface area contributed by atoms with Crippen LogP contribution in [0.5, 0.6) is 5.75 Å². The Hall–Kier alpha value is -2.98. The van der Waals surface area contributed by atoms with Crippen LogP contribution in [0.1, 0.15) is 24.2 Å². The Morgan fingerprint density at radius 3 is 1.97 bits per heavy atom. The first-order valence-electron chi connectivity index (χ1n) is 8.65. The van der Waals surface area contributed by atoms with Gasteiger partial charge in [-0.3, -0.25) is 0 Å². The fourth-order valence-corrected chi connectivity index (χ4v) is 2.10. The van der Waals surface area contributed by atoms with Crippen molar-refractivity contribution in [3.63, 3.8) is 0 Å².